The standard InChI is InChI=1S/C15H19F3N2O/c1-10(2)11-3-5-12(6-4-11)14-19-9-13(21)20(14)8-7-15(16,17)18/h3-6,10,14,19H,7-9H2,1-2H3. The summed E-state index contributed by atoms with van der Waals surface area (Å²) in [6.07, 6.45) is -5.71. The summed E-state index contributed by atoms with van der Waals surface area (Å²) in [7, 11) is 0. The first-order valence-electron chi connectivity index (χ1n) is 6.97. The number of benzene rings is 1. The van der Waals surface area contributed by atoms with Gasteiger partial charge in [0.2, 0.25) is 5.91 Å². The van der Waals surface area contributed by atoms with E-state index in [1.807, 2.05) is 24.3 Å². The fourth-order valence-corrected chi connectivity index (χ4v) is 2.40. The van der Waals surface area contributed by atoms with Crippen LogP contribution in [0.1, 0.15) is 43.5 Å². The van der Waals surface area contributed by atoms with Crippen LogP contribution < -0.4 is 5.32 Å². The summed E-state index contributed by atoms with van der Waals surface area (Å²) in [4.78, 5) is 13.0. The molecule has 0 spiro atoms. The maximum atomic E-state index is 12.3. The molecule has 1 aliphatic heterocycles. The molecule has 1 heterocycles. The van der Waals surface area contributed by atoms with Gasteiger partial charge in [-0.1, -0.05) is 38.1 Å². The highest BCUT2D eigenvalue weighted by Gasteiger charge is 2.35. The minimum absolute atomic E-state index is 0.0778. The minimum Gasteiger partial charge on any atom is -0.321 e. The van der Waals surface area contributed by atoms with E-state index >= 15 is 0 Å². The Labute approximate surface area is 122 Å². The normalized spacial score (nSPS) is 19.6. The zero-order chi connectivity index (χ0) is 15.6. The van der Waals surface area contributed by atoms with E-state index < -0.39 is 18.8 Å². The van der Waals surface area contributed by atoms with Crippen LogP contribution in [0.3, 0.4) is 0 Å². The molecule has 1 amide bonds. The number of halogens is 3. The van der Waals surface area contributed by atoms with Gasteiger partial charge in [-0.05, 0) is 17.0 Å². The van der Waals surface area contributed by atoms with Crippen LogP contribution in [0.15, 0.2) is 24.3 Å². The van der Waals surface area contributed by atoms with Gasteiger partial charge in [0.1, 0.15) is 6.17 Å². The molecule has 0 aromatic heterocycles. The van der Waals surface area contributed by atoms with Gasteiger partial charge in [-0.15, -0.1) is 0 Å². The second-order valence-corrected chi connectivity index (χ2v) is 5.56. The van der Waals surface area contributed by atoms with Gasteiger partial charge in [-0.25, -0.2) is 0 Å². The Morgan fingerprint density at radius 1 is 1.29 bits per heavy atom. The number of alkyl halides is 3. The quantitative estimate of drug-likeness (QED) is 0.926. The summed E-state index contributed by atoms with van der Waals surface area (Å²) in [5.41, 5.74) is 1.97. The average Bonchev–Trinajstić information content (AvgIpc) is 2.77. The number of hydrogen-bond acceptors (Lipinski definition) is 2. The Bertz CT molecular complexity index is 497. The Morgan fingerprint density at radius 2 is 1.90 bits per heavy atom. The van der Waals surface area contributed by atoms with Gasteiger partial charge in [-0.2, -0.15) is 13.2 Å². The zero-order valence-corrected chi connectivity index (χ0v) is 12.1. The molecule has 0 radical (unpaired) electrons. The fourth-order valence-electron chi connectivity index (χ4n) is 2.40. The van der Waals surface area contributed by atoms with Crippen LogP contribution in [0.4, 0.5) is 13.2 Å². The topological polar surface area (TPSA) is 32.3 Å². The first-order chi connectivity index (χ1) is 9.78. The lowest BCUT2D eigenvalue weighted by Crippen LogP contribution is -2.33. The molecule has 0 saturated carbocycles. The van der Waals surface area contributed by atoms with E-state index in [9.17, 15) is 18.0 Å². The molecule has 1 atom stereocenters. The fraction of sp³-hybridized carbons (Fsp3) is 0.533. The molecule has 1 saturated heterocycles. The summed E-state index contributed by atoms with van der Waals surface area (Å²) in [5, 5.41) is 2.97. The smallest absolute Gasteiger partial charge is 0.321 e. The summed E-state index contributed by atoms with van der Waals surface area (Å²) in [6.45, 7) is 3.91. The van der Waals surface area contributed by atoms with Gasteiger partial charge in [0.05, 0.1) is 13.0 Å². The van der Waals surface area contributed by atoms with Gasteiger partial charge in [0, 0.05) is 6.54 Å². The van der Waals surface area contributed by atoms with Crippen molar-refractivity contribution in [3.8, 4) is 0 Å². The monoisotopic (exact) mass is 300 g/mol. The van der Waals surface area contributed by atoms with Crippen LogP contribution in [0.2, 0.25) is 0 Å². The molecule has 0 bridgehead atoms. The maximum absolute atomic E-state index is 12.3. The number of hydrogen-bond donors (Lipinski definition) is 1. The highest BCUT2D eigenvalue weighted by molar-refractivity contribution is 5.80. The minimum atomic E-state index is -4.26. The first kappa shape index (κ1) is 15.8. The number of nitrogens with one attached hydrogen (secondary N) is 1. The molecule has 1 fully saturated rings. The maximum Gasteiger partial charge on any atom is 0.390 e. The van der Waals surface area contributed by atoms with Crippen molar-refractivity contribution in [2.45, 2.75) is 38.5 Å². The van der Waals surface area contributed by atoms with Crippen molar-refractivity contribution in [1.82, 2.24) is 10.2 Å². The third-order valence-corrected chi connectivity index (χ3v) is 3.63. The van der Waals surface area contributed by atoms with Gasteiger partial charge in [-0.3, -0.25) is 10.1 Å². The number of nitrogens with zero attached hydrogens (tertiary/aromatic N) is 1. The van der Waals surface area contributed by atoms with Gasteiger partial charge in [0.25, 0.3) is 0 Å². The number of rotatable bonds is 4. The van der Waals surface area contributed by atoms with Gasteiger partial charge < -0.3 is 4.90 Å². The largest absolute Gasteiger partial charge is 0.390 e. The molecular weight excluding hydrogens is 281 g/mol. The molecule has 116 valence electrons. The molecule has 1 aromatic carbocycles. The van der Waals surface area contributed by atoms with E-state index in [4.69, 9.17) is 0 Å². The third-order valence-electron chi connectivity index (χ3n) is 3.63. The van der Waals surface area contributed by atoms with Crippen molar-refractivity contribution in [1.29, 1.82) is 0 Å². The van der Waals surface area contributed by atoms with E-state index in [1.165, 1.54) is 4.90 Å². The van der Waals surface area contributed by atoms with Gasteiger partial charge in [0.15, 0.2) is 0 Å². The van der Waals surface area contributed by atoms with Crippen LogP contribution in [0, 0.1) is 0 Å². The van der Waals surface area contributed by atoms with E-state index in [2.05, 4.69) is 19.2 Å². The molecule has 6 heteroatoms. The highest BCUT2D eigenvalue weighted by Crippen LogP contribution is 2.27. The van der Waals surface area contributed by atoms with Crippen molar-refractivity contribution < 1.29 is 18.0 Å². The molecule has 1 aromatic rings. The Hall–Kier alpha value is -1.56. The van der Waals surface area contributed by atoms with Crippen LogP contribution in [-0.4, -0.2) is 30.1 Å². The Kier molecular flexibility index (Phi) is 4.56. The second-order valence-electron chi connectivity index (χ2n) is 5.56. The second kappa shape index (κ2) is 6.05. The predicted molar refractivity (Wildman–Crippen MR) is 73.7 cm³/mol. The molecule has 1 aliphatic rings. The van der Waals surface area contributed by atoms with E-state index in [0.717, 1.165) is 11.1 Å². The van der Waals surface area contributed by atoms with Crippen LogP contribution in [-0.2, 0) is 4.79 Å². The van der Waals surface area contributed by atoms with Crippen molar-refractivity contribution in [3.63, 3.8) is 0 Å². The van der Waals surface area contributed by atoms with Crippen molar-refractivity contribution in [3.05, 3.63) is 35.4 Å². The van der Waals surface area contributed by atoms with Crippen LogP contribution >= 0.6 is 0 Å². The van der Waals surface area contributed by atoms with Gasteiger partial charge >= 0.3 is 6.18 Å². The SMILES string of the molecule is CC(C)c1ccc(C2NCC(=O)N2CCC(F)(F)F)cc1. The summed E-state index contributed by atoms with van der Waals surface area (Å²) in [5.74, 6) is 0.0933. The molecule has 2 rings (SSSR count). The molecule has 1 unspecified atom stereocenters. The van der Waals surface area contributed by atoms with E-state index in [-0.39, 0.29) is 19.0 Å². The van der Waals surface area contributed by atoms with E-state index in [1.54, 1.807) is 0 Å². The number of amides is 1. The first-order valence-corrected chi connectivity index (χ1v) is 6.97. The molecule has 1 N–H and O–H groups in total. The summed E-state index contributed by atoms with van der Waals surface area (Å²) in [6, 6.07) is 7.64. The average molecular weight is 300 g/mol. The summed E-state index contributed by atoms with van der Waals surface area (Å²) >= 11 is 0. The molecule has 21 heavy (non-hydrogen) atoms. The van der Waals surface area contributed by atoms with Crippen LogP contribution in [0.5, 0.6) is 0 Å². The predicted octanol–water partition coefficient (Wildman–Crippen LogP) is 3.19. The van der Waals surface area contributed by atoms with Crippen molar-refractivity contribution >= 4 is 5.91 Å². The van der Waals surface area contributed by atoms with Crippen molar-refractivity contribution in [2.75, 3.05) is 13.1 Å². The molecule has 0 aliphatic carbocycles. The van der Waals surface area contributed by atoms with E-state index in [0.29, 0.717) is 5.92 Å². The zero-order valence-electron chi connectivity index (χ0n) is 12.1. The lowest BCUT2D eigenvalue weighted by Gasteiger charge is -2.25. The molecular formula is C15H19F3N2O. The Morgan fingerprint density at radius 3 is 2.43 bits per heavy atom. The van der Waals surface area contributed by atoms with Crippen LogP contribution in [0.25, 0.3) is 0 Å². The lowest BCUT2D eigenvalue weighted by atomic mass is 10.0. The highest BCUT2D eigenvalue weighted by atomic mass is 19.4. The number of carbonyl (C=O) groups is 1. The lowest BCUT2D eigenvalue weighted by molar-refractivity contribution is -0.144. The third kappa shape index (κ3) is 3.97. The Balaban J connectivity index is 2.11. The number of carbonyl (C=O) groups excluding carboxylic acids is 1. The summed E-state index contributed by atoms with van der Waals surface area (Å²) < 4.78 is 37.0. The van der Waals surface area contributed by atoms with Crippen molar-refractivity contribution in [2.24, 2.45) is 0 Å². The molecule has 3 nitrogen and oxygen atoms in total.